The van der Waals surface area contributed by atoms with Crippen LogP contribution >= 0.6 is 0 Å². The molecule has 0 aromatic rings. The summed E-state index contributed by atoms with van der Waals surface area (Å²) in [6.45, 7) is 10.8. The van der Waals surface area contributed by atoms with Gasteiger partial charge in [-0.2, -0.15) is 0 Å². The zero-order valence-electron chi connectivity index (χ0n) is 7.33. The van der Waals surface area contributed by atoms with Crippen molar-refractivity contribution in [1.29, 1.82) is 0 Å². The van der Waals surface area contributed by atoms with E-state index in [2.05, 4.69) is 33.0 Å². The second-order valence-corrected chi connectivity index (χ2v) is 4.42. The molecule has 0 aliphatic carbocycles. The Labute approximate surface area is 64.2 Å². The molecule has 0 radical (unpaired) electrons. The fraction of sp³-hybridized carbons (Fsp3) is 0.889. The molecule has 1 N–H and O–H groups in total. The van der Waals surface area contributed by atoms with Crippen molar-refractivity contribution in [3.63, 3.8) is 0 Å². The fourth-order valence-electron chi connectivity index (χ4n) is 1.86. The third-order valence-electron chi connectivity index (χ3n) is 2.17. The fourth-order valence-corrected chi connectivity index (χ4v) is 1.86. The Morgan fingerprint density at radius 1 is 1.20 bits per heavy atom. The monoisotopic (exact) mass is 140 g/mol. The van der Waals surface area contributed by atoms with Crippen LogP contribution in [0.1, 0.15) is 40.0 Å². The molecular weight excluding hydrogens is 122 g/mol. The molecular formula is C9H18N+. The molecule has 0 amide bonds. The molecule has 0 saturated carbocycles. The molecule has 1 nitrogen and oxygen atoms in total. The van der Waals surface area contributed by atoms with Crippen LogP contribution in [0.5, 0.6) is 0 Å². The lowest BCUT2D eigenvalue weighted by molar-refractivity contribution is 0.203. The molecule has 0 spiro atoms. The van der Waals surface area contributed by atoms with Crippen LogP contribution < -0.4 is 5.32 Å². The topological polar surface area (TPSA) is 12.0 Å². The van der Waals surface area contributed by atoms with Gasteiger partial charge in [0.2, 0.25) is 0 Å². The van der Waals surface area contributed by atoms with Gasteiger partial charge in [-0.1, -0.05) is 0 Å². The van der Waals surface area contributed by atoms with Crippen LogP contribution in [0.2, 0.25) is 0 Å². The third-order valence-corrected chi connectivity index (χ3v) is 2.17. The van der Waals surface area contributed by atoms with Gasteiger partial charge in [-0.3, -0.25) is 5.32 Å². The highest BCUT2D eigenvalue weighted by Crippen LogP contribution is 2.27. The van der Waals surface area contributed by atoms with Crippen molar-refractivity contribution in [3.8, 4) is 0 Å². The lowest BCUT2D eigenvalue weighted by atomic mass is 9.83. The van der Waals surface area contributed by atoms with Crippen LogP contribution in [0.4, 0.5) is 0 Å². The van der Waals surface area contributed by atoms with Gasteiger partial charge in [0.05, 0.1) is 6.92 Å². The normalized spacial score (nSPS) is 39.5. The van der Waals surface area contributed by atoms with Gasteiger partial charge in [0.15, 0.2) is 5.54 Å². The van der Waals surface area contributed by atoms with Gasteiger partial charge in [0.1, 0.15) is 0 Å². The Hall–Kier alpha value is -0.170. The Bertz CT molecular complexity index is 111. The molecule has 0 aromatic heterocycles. The highest BCUT2D eigenvalue weighted by atomic mass is 15.0. The molecule has 1 aliphatic rings. The van der Waals surface area contributed by atoms with Crippen LogP contribution in [-0.4, -0.2) is 11.1 Å². The van der Waals surface area contributed by atoms with Crippen molar-refractivity contribution in [2.45, 2.75) is 51.1 Å². The largest absolute Gasteiger partial charge is 0.269 e. The van der Waals surface area contributed by atoms with E-state index in [4.69, 9.17) is 0 Å². The standard InChI is InChI=1S/C9H18N/c1-8(2)6-5-7-9(3,4)10-8/h10H,1,5-7H2,2-4H3/q+1. The van der Waals surface area contributed by atoms with E-state index in [-0.39, 0.29) is 5.54 Å². The predicted molar refractivity (Wildman–Crippen MR) is 44.8 cm³/mol. The number of hydrogen-bond donors (Lipinski definition) is 1. The Morgan fingerprint density at radius 3 is 2.10 bits per heavy atom. The maximum Gasteiger partial charge on any atom is 0.154 e. The number of rotatable bonds is 0. The molecule has 1 unspecified atom stereocenters. The van der Waals surface area contributed by atoms with Crippen molar-refractivity contribution < 1.29 is 0 Å². The van der Waals surface area contributed by atoms with Crippen molar-refractivity contribution in [3.05, 3.63) is 6.92 Å². The molecule has 1 heterocycles. The van der Waals surface area contributed by atoms with E-state index >= 15 is 0 Å². The van der Waals surface area contributed by atoms with Gasteiger partial charge < -0.3 is 0 Å². The molecule has 0 aromatic carbocycles. The second kappa shape index (κ2) is 2.16. The first-order valence-electron chi connectivity index (χ1n) is 4.06. The summed E-state index contributed by atoms with van der Waals surface area (Å²) in [5, 5.41) is 3.52. The minimum atomic E-state index is 0.113. The van der Waals surface area contributed by atoms with Crippen LogP contribution in [0, 0.1) is 6.92 Å². The molecule has 10 heavy (non-hydrogen) atoms. The molecule has 1 atom stereocenters. The van der Waals surface area contributed by atoms with Crippen molar-refractivity contribution >= 4 is 0 Å². The molecule has 58 valence electrons. The lowest BCUT2D eigenvalue weighted by Crippen LogP contribution is -2.55. The van der Waals surface area contributed by atoms with Gasteiger partial charge >= 0.3 is 0 Å². The van der Waals surface area contributed by atoms with Gasteiger partial charge in [-0.15, -0.1) is 0 Å². The SMILES string of the molecule is [CH2+]C1(C)CCCC(C)(C)N1. The summed E-state index contributed by atoms with van der Waals surface area (Å²) in [5.74, 6) is 0. The number of hydrogen-bond acceptors (Lipinski definition) is 1. The van der Waals surface area contributed by atoms with E-state index < -0.39 is 0 Å². The van der Waals surface area contributed by atoms with E-state index in [9.17, 15) is 0 Å². The predicted octanol–water partition coefficient (Wildman–Crippen LogP) is 2.13. The smallest absolute Gasteiger partial charge is 0.154 e. The van der Waals surface area contributed by atoms with Crippen LogP contribution in [0.15, 0.2) is 0 Å². The van der Waals surface area contributed by atoms with Crippen LogP contribution in [0.3, 0.4) is 0 Å². The average molecular weight is 140 g/mol. The first kappa shape index (κ1) is 7.93. The lowest BCUT2D eigenvalue weighted by Gasteiger charge is -2.38. The van der Waals surface area contributed by atoms with E-state index in [1.807, 2.05) is 0 Å². The highest BCUT2D eigenvalue weighted by Gasteiger charge is 2.36. The molecule has 1 heteroatoms. The van der Waals surface area contributed by atoms with Crippen molar-refractivity contribution in [1.82, 2.24) is 5.32 Å². The van der Waals surface area contributed by atoms with Gasteiger partial charge in [0.25, 0.3) is 0 Å². The summed E-state index contributed by atoms with van der Waals surface area (Å²) in [6.07, 6.45) is 3.79. The summed E-state index contributed by atoms with van der Waals surface area (Å²) in [5.41, 5.74) is 0.413. The number of piperidine rings is 1. The van der Waals surface area contributed by atoms with Crippen LogP contribution in [0.25, 0.3) is 0 Å². The first-order valence-corrected chi connectivity index (χ1v) is 4.06. The zero-order chi connectivity index (χ0) is 7.83. The molecule has 1 fully saturated rings. The minimum absolute atomic E-state index is 0.113. The second-order valence-electron chi connectivity index (χ2n) is 4.42. The van der Waals surface area contributed by atoms with E-state index in [1.165, 1.54) is 19.3 Å². The van der Waals surface area contributed by atoms with Gasteiger partial charge in [-0.05, 0) is 33.6 Å². The summed E-state index contributed by atoms with van der Waals surface area (Å²) in [7, 11) is 0. The quantitative estimate of drug-likeness (QED) is 0.508. The van der Waals surface area contributed by atoms with E-state index in [1.54, 1.807) is 0 Å². The minimum Gasteiger partial charge on any atom is -0.269 e. The first-order chi connectivity index (χ1) is 4.41. The summed E-state index contributed by atoms with van der Waals surface area (Å²) >= 11 is 0. The van der Waals surface area contributed by atoms with Gasteiger partial charge in [0, 0.05) is 12.0 Å². The third kappa shape index (κ3) is 1.91. The summed E-state index contributed by atoms with van der Waals surface area (Å²) in [6, 6.07) is 0. The van der Waals surface area contributed by atoms with Gasteiger partial charge in [-0.25, -0.2) is 0 Å². The molecule has 0 bridgehead atoms. The van der Waals surface area contributed by atoms with E-state index in [0.717, 1.165) is 0 Å². The maximum atomic E-state index is 4.11. The Kier molecular flexibility index (Phi) is 1.71. The molecule has 1 aliphatic heterocycles. The maximum absolute atomic E-state index is 4.11. The molecule has 1 saturated heterocycles. The zero-order valence-corrected chi connectivity index (χ0v) is 7.33. The van der Waals surface area contributed by atoms with Crippen molar-refractivity contribution in [2.75, 3.05) is 0 Å². The molecule has 1 rings (SSSR count). The number of nitrogens with one attached hydrogen (secondary N) is 1. The highest BCUT2D eigenvalue weighted by molar-refractivity contribution is 4.97. The van der Waals surface area contributed by atoms with Crippen molar-refractivity contribution in [2.24, 2.45) is 0 Å². The Morgan fingerprint density at radius 2 is 1.80 bits per heavy atom. The Balaban J connectivity index is 2.56. The summed E-state index contributed by atoms with van der Waals surface area (Å²) in [4.78, 5) is 0. The summed E-state index contributed by atoms with van der Waals surface area (Å²) < 4.78 is 0. The van der Waals surface area contributed by atoms with E-state index in [0.29, 0.717) is 5.54 Å². The average Bonchev–Trinajstić information content (AvgIpc) is 1.56. The van der Waals surface area contributed by atoms with Crippen LogP contribution in [-0.2, 0) is 0 Å².